The molecule has 1 aromatic carbocycles. The van der Waals surface area contributed by atoms with Gasteiger partial charge in [-0.25, -0.2) is 4.98 Å². The first-order valence-electron chi connectivity index (χ1n) is 8.89. The Kier molecular flexibility index (Phi) is 4.69. The zero-order valence-corrected chi connectivity index (χ0v) is 16.3. The molecule has 2 heterocycles. The molecule has 2 aromatic heterocycles. The summed E-state index contributed by atoms with van der Waals surface area (Å²) in [5.74, 6) is 1.56. The van der Waals surface area contributed by atoms with Gasteiger partial charge >= 0.3 is 0 Å². The van der Waals surface area contributed by atoms with Crippen LogP contribution in [0.2, 0.25) is 0 Å². The van der Waals surface area contributed by atoms with E-state index >= 15 is 0 Å². The zero-order chi connectivity index (χ0) is 17.4. The Morgan fingerprint density at radius 3 is 2.88 bits per heavy atom. The van der Waals surface area contributed by atoms with E-state index in [0.717, 1.165) is 39.5 Å². The first-order chi connectivity index (χ1) is 12.2. The van der Waals surface area contributed by atoms with E-state index in [-0.39, 0.29) is 5.56 Å². The van der Waals surface area contributed by atoms with Crippen LogP contribution in [-0.4, -0.2) is 15.3 Å². The second-order valence-corrected chi connectivity index (χ2v) is 9.05. The number of hydrogen-bond acceptors (Lipinski definition) is 4. The molecular weight excluding hydrogens is 348 g/mol. The van der Waals surface area contributed by atoms with Crippen molar-refractivity contribution < 1.29 is 0 Å². The maximum Gasteiger partial charge on any atom is 0.263 e. The highest BCUT2D eigenvalue weighted by atomic mass is 32.2. The van der Waals surface area contributed by atoms with E-state index in [1.54, 1.807) is 23.1 Å². The van der Waals surface area contributed by atoms with Crippen molar-refractivity contribution in [1.29, 1.82) is 0 Å². The highest BCUT2D eigenvalue weighted by Crippen LogP contribution is 2.36. The highest BCUT2D eigenvalue weighted by Gasteiger charge is 2.24. The summed E-state index contributed by atoms with van der Waals surface area (Å²) >= 11 is 3.39. The maximum absolute atomic E-state index is 13.4. The molecule has 0 saturated heterocycles. The summed E-state index contributed by atoms with van der Waals surface area (Å²) in [6.07, 6.45) is 3.32. The molecule has 1 atom stereocenters. The van der Waals surface area contributed by atoms with Crippen LogP contribution >= 0.6 is 23.1 Å². The Balaban J connectivity index is 1.90. The van der Waals surface area contributed by atoms with Gasteiger partial charge in [-0.2, -0.15) is 0 Å². The van der Waals surface area contributed by atoms with Crippen molar-refractivity contribution in [3.63, 3.8) is 0 Å². The van der Waals surface area contributed by atoms with Crippen LogP contribution in [-0.2, 0) is 19.4 Å². The number of hydrogen-bond donors (Lipinski definition) is 0. The number of fused-ring (bicyclic) bond motifs is 3. The molecule has 25 heavy (non-hydrogen) atoms. The van der Waals surface area contributed by atoms with Crippen LogP contribution < -0.4 is 5.56 Å². The third kappa shape index (κ3) is 3.15. The molecule has 3 nitrogen and oxygen atoms in total. The molecular formula is C20H22N2OS2. The van der Waals surface area contributed by atoms with Crippen molar-refractivity contribution in [3.05, 3.63) is 56.7 Å². The van der Waals surface area contributed by atoms with Crippen molar-refractivity contribution in [2.75, 3.05) is 5.75 Å². The SMILES string of the molecule is CCSc1nc2sc3c(c2c(=O)n1Cc1ccccc1)CC(C)CC3. The minimum absolute atomic E-state index is 0.136. The average Bonchev–Trinajstić information content (AvgIpc) is 2.97. The molecule has 0 radical (unpaired) electrons. The quantitative estimate of drug-likeness (QED) is 0.491. The van der Waals surface area contributed by atoms with Crippen LogP contribution in [0.1, 0.15) is 36.3 Å². The van der Waals surface area contributed by atoms with Gasteiger partial charge in [0, 0.05) is 4.88 Å². The zero-order valence-electron chi connectivity index (χ0n) is 14.6. The third-order valence-corrected chi connectivity index (χ3v) is 6.88. The summed E-state index contributed by atoms with van der Waals surface area (Å²) in [6.45, 7) is 4.98. The molecule has 1 unspecified atom stereocenters. The molecule has 0 N–H and O–H groups in total. The van der Waals surface area contributed by atoms with E-state index in [1.807, 2.05) is 22.8 Å². The molecule has 0 bridgehead atoms. The van der Waals surface area contributed by atoms with Crippen LogP contribution in [0.15, 0.2) is 40.3 Å². The van der Waals surface area contributed by atoms with Gasteiger partial charge in [-0.3, -0.25) is 9.36 Å². The molecule has 0 aliphatic heterocycles. The molecule has 1 aliphatic rings. The largest absolute Gasteiger partial charge is 0.283 e. The molecule has 3 aromatic rings. The van der Waals surface area contributed by atoms with E-state index in [9.17, 15) is 4.79 Å². The van der Waals surface area contributed by atoms with Crippen molar-refractivity contribution >= 4 is 33.3 Å². The van der Waals surface area contributed by atoms with Crippen LogP contribution in [0.3, 0.4) is 0 Å². The fourth-order valence-electron chi connectivity index (χ4n) is 3.56. The summed E-state index contributed by atoms with van der Waals surface area (Å²) < 4.78 is 1.87. The van der Waals surface area contributed by atoms with Crippen LogP contribution in [0.5, 0.6) is 0 Å². The van der Waals surface area contributed by atoms with E-state index in [0.29, 0.717) is 12.5 Å². The minimum atomic E-state index is 0.136. The minimum Gasteiger partial charge on any atom is -0.283 e. The van der Waals surface area contributed by atoms with Gasteiger partial charge < -0.3 is 0 Å². The predicted molar refractivity (Wildman–Crippen MR) is 107 cm³/mol. The molecule has 5 heteroatoms. The molecule has 1 aliphatic carbocycles. The molecule has 0 saturated carbocycles. The smallest absolute Gasteiger partial charge is 0.263 e. The van der Waals surface area contributed by atoms with Crippen molar-refractivity contribution in [1.82, 2.24) is 9.55 Å². The Bertz CT molecular complexity index is 959. The lowest BCUT2D eigenvalue weighted by atomic mass is 9.89. The normalized spacial score (nSPS) is 17.0. The van der Waals surface area contributed by atoms with Gasteiger partial charge in [0.05, 0.1) is 11.9 Å². The second-order valence-electron chi connectivity index (χ2n) is 6.74. The first kappa shape index (κ1) is 16.9. The van der Waals surface area contributed by atoms with E-state index in [1.165, 1.54) is 16.9 Å². The number of aryl methyl sites for hydroxylation is 1. The number of aromatic nitrogens is 2. The summed E-state index contributed by atoms with van der Waals surface area (Å²) in [5, 5.41) is 1.72. The Morgan fingerprint density at radius 2 is 2.12 bits per heavy atom. The molecule has 130 valence electrons. The Labute approximate surface area is 156 Å². The number of thioether (sulfide) groups is 1. The van der Waals surface area contributed by atoms with Gasteiger partial charge in [0.1, 0.15) is 4.83 Å². The first-order valence-corrected chi connectivity index (χ1v) is 10.7. The standard InChI is InChI=1S/C20H22N2OS2/c1-3-24-20-21-18-17(15-11-13(2)9-10-16(15)25-18)19(23)22(20)12-14-7-5-4-6-8-14/h4-8,13H,3,9-12H2,1-2H3. The van der Waals surface area contributed by atoms with Crippen LogP contribution in [0.4, 0.5) is 0 Å². The maximum atomic E-state index is 13.4. The van der Waals surface area contributed by atoms with E-state index in [4.69, 9.17) is 4.98 Å². The highest BCUT2D eigenvalue weighted by molar-refractivity contribution is 7.99. The third-order valence-electron chi connectivity index (χ3n) is 4.83. The summed E-state index contributed by atoms with van der Waals surface area (Å²) in [4.78, 5) is 20.6. The number of rotatable bonds is 4. The van der Waals surface area contributed by atoms with Crippen molar-refractivity contribution in [2.45, 2.75) is 44.8 Å². The van der Waals surface area contributed by atoms with Crippen molar-refractivity contribution in [3.8, 4) is 0 Å². The van der Waals surface area contributed by atoms with E-state index < -0.39 is 0 Å². The lowest BCUT2D eigenvalue weighted by Gasteiger charge is -2.18. The number of nitrogens with zero attached hydrogens (tertiary/aromatic N) is 2. The summed E-state index contributed by atoms with van der Waals surface area (Å²) in [5.41, 5.74) is 2.55. The van der Waals surface area contributed by atoms with Gasteiger partial charge in [0.15, 0.2) is 5.16 Å². The predicted octanol–water partition coefficient (Wildman–Crippen LogP) is 4.74. The fourth-order valence-corrected chi connectivity index (χ4v) is 5.54. The van der Waals surface area contributed by atoms with Crippen LogP contribution in [0.25, 0.3) is 10.2 Å². The molecule has 0 amide bonds. The fraction of sp³-hybridized carbons (Fsp3) is 0.400. The lowest BCUT2D eigenvalue weighted by molar-refractivity contribution is 0.508. The Morgan fingerprint density at radius 1 is 1.32 bits per heavy atom. The summed E-state index contributed by atoms with van der Waals surface area (Å²) in [6, 6.07) is 10.2. The van der Waals surface area contributed by atoms with Gasteiger partial charge in [0.25, 0.3) is 5.56 Å². The number of benzene rings is 1. The van der Waals surface area contributed by atoms with Crippen molar-refractivity contribution in [2.24, 2.45) is 5.92 Å². The van der Waals surface area contributed by atoms with Gasteiger partial charge in [-0.05, 0) is 42.1 Å². The van der Waals surface area contributed by atoms with Crippen LogP contribution in [0, 0.1) is 5.92 Å². The molecule has 0 fully saturated rings. The monoisotopic (exact) mass is 370 g/mol. The number of thiophene rings is 1. The second kappa shape index (κ2) is 6.96. The average molecular weight is 371 g/mol. The van der Waals surface area contributed by atoms with Gasteiger partial charge in [0.2, 0.25) is 0 Å². The topological polar surface area (TPSA) is 34.9 Å². The van der Waals surface area contributed by atoms with Gasteiger partial charge in [-0.15, -0.1) is 11.3 Å². The molecule has 0 spiro atoms. The summed E-state index contributed by atoms with van der Waals surface area (Å²) in [7, 11) is 0. The lowest BCUT2D eigenvalue weighted by Crippen LogP contribution is -2.24. The van der Waals surface area contributed by atoms with Gasteiger partial charge in [-0.1, -0.05) is 55.9 Å². The van der Waals surface area contributed by atoms with E-state index in [2.05, 4.69) is 26.0 Å². The molecule has 4 rings (SSSR count). The Hall–Kier alpha value is -1.59.